The van der Waals surface area contributed by atoms with Crippen molar-refractivity contribution in [1.29, 1.82) is 0 Å². The number of pyridine rings is 1. The first-order valence-electron chi connectivity index (χ1n) is 9.53. The molecule has 1 saturated heterocycles. The molecule has 1 atom stereocenters. The fourth-order valence-electron chi connectivity index (χ4n) is 3.24. The molecule has 7 heteroatoms. The second kappa shape index (κ2) is 9.89. The number of nitrogens with zero attached hydrogens (tertiary/aromatic N) is 4. The molecular formula is C21H28BrN5O. The van der Waals surface area contributed by atoms with Crippen molar-refractivity contribution in [3.05, 3.63) is 58.2 Å². The van der Waals surface area contributed by atoms with Gasteiger partial charge in [-0.3, -0.25) is 4.99 Å². The molecule has 1 N–H and O–H groups in total. The molecule has 6 nitrogen and oxygen atoms in total. The lowest BCUT2D eigenvalue weighted by molar-refractivity contribution is 0.0529. The van der Waals surface area contributed by atoms with E-state index in [9.17, 15) is 0 Å². The predicted octanol–water partition coefficient (Wildman–Crippen LogP) is 3.28. The summed E-state index contributed by atoms with van der Waals surface area (Å²) in [6.07, 6.45) is 2.19. The number of anilines is 1. The van der Waals surface area contributed by atoms with Gasteiger partial charge in [-0.05, 0) is 36.2 Å². The van der Waals surface area contributed by atoms with Gasteiger partial charge in [-0.15, -0.1) is 0 Å². The molecule has 1 aromatic carbocycles. The van der Waals surface area contributed by atoms with Gasteiger partial charge in [0.1, 0.15) is 5.82 Å². The average molecular weight is 446 g/mol. The fourth-order valence-corrected chi connectivity index (χ4v) is 3.50. The molecule has 1 fully saturated rings. The Bertz CT molecular complexity index is 778. The SMILES string of the molecule is CN=C(NCc1ccc(N2CCOC(C)C2)nc1)N(C)Cc1ccc(Br)cc1. The zero-order valence-electron chi connectivity index (χ0n) is 16.7. The number of rotatable bonds is 5. The molecule has 1 aliphatic heterocycles. The summed E-state index contributed by atoms with van der Waals surface area (Å²) in [4.78, 5) is 13.4. The molecule has 1 aliphatic rings. The van der Waals surface area contributed by atoms with E-state index in [0.717, 1.165) is 48.1 Å². The number of aromatic nitrogens is 1. The highest BCUT2D eigenvalue weighted by molar-refractivity contribution is 9.10. The van der Waals surface area contributed by atoms with Crippen molar-refractivity contribution in [2.45, 2.75) is 26.1 Å². The van der Waals surface area contributed by atoms with Crippen molar-refractivity contribution < 1.29 is 4.74 Å². The molecule has 28 heavy (non-hydrogen) atoms. The molecule has 0 saturated carbocycles. The van der Waals surface area contributed by atoms with E-state index >= 15 is 0 Å². The molecular weight excluding hydrogens is 418 g/mol. The molecule has 2 aromatic rings. The third kappa shape index (κ3) is 5.69. The van der Waals surface area contributed by atoms with Crippen molar-refractivity contribution in [3.8, 4) is 0 Å². The smallest absolute Gasteiger partial charge is 0.193 e. The second-order valence-corrected chi connectivity index (χ2v) is 7.95. The van der Waals surface area contributed by atoms with E-state index in [1.807, 2.05) is 13.2 Å². The van der Waals surface area contributed by atoms with Crippen LogP contribution in [-0.2, 0) is 17.8 Å². The van der Waals surface area contributed by atoms with Crippen molar-refractivity contribution in [3.63, 3.8) is 0 Å². The van der Waals surface area contributed by atoms with Crippen LogP contribution in [0.1, 0.15) is 18.1 Å². The normalized spacial score (nSPS) is 17.5. The Balaban J connectivity index is 1.53. The van der Waals surface area contributed by atoms with Gasteiger partial charge in [-0.2, -0.15) is 0 Å². The van der Waals surface area contributed by atoms with Gasteiger partial charge in [-0.25, -0.2) is 4.98 Å². The van der Waals surface area contributed by atoms with E-state index in [-0.39, 0.29) is 6.10 Å². The predicted molar refractivity (Wildman–Crippen MR) is 118 cm³/mol. The summed E-state index contributed by atoms with van der Waals surface area (Å²) in [7, 11) is 3.85. The van der Waals surface area contributed by atoms with Gasteiger partial charge < -0.3 is 19.9 Å². The van der Waals surface area contributed by atoms with Crippen molar-refractivity contribution in [1.82, 2.24) is 15.2 Å². The van der Waals surface area contributed by atoms with E-state index in [1.165, 1.54) is 5.56 Å². The van der Waals surface area contributed by atoms with Crippen LogP contribution in [0.5, 0.6) is 0 Å². The van der Waals surface area contributed by atoms with Gasteiger partial charge in [0, 0.05) is 50.9 Å². The van der Waals surface area contributed by atoms with Crippen LogP contribution in [0.25, 0.3) is 0 Å². The molecule has 1 unspecified atom stereocenters. The largest absolute Gasteiger partial charge is 0.375 e. The summed E-state index contributed by atoms with van der Waals surface area (Å²) in [5, 5.41) is 3.42. The highest BCUT2D eigenvalue weighted by Gasteiger charge is 2.17. The second-order valence-electron chi connectivity index (χ2n) is 7.04. The number of hydrogen-bond acceptors (Lipinski definition) is 4. The number of hydrogen-bond donors (Lipinski definition) is 1. The molecule has 2 heterocycles. The molecule has 0 amide bonds. The highest BCUT2D eigenvalue weighted by atomic mass is 79.9. The van der Waals surface area contributed by atoms with Crippen LogP contribution in [0.15, 0.2) is 52.1 Å². The summed E-state index contributed by atoms with van der Waals surface area (Å²) in [5.74, 6) is 1.87. The van der Waals surface area contributed by atoms with E-state index < -0.39 is 0 Å². The Morgan fingerprint density at radius 1 is 1.29 bits per heavy atom. The maximum atomic E-state index is 5.60. The standard InChI is InChI=1S/C21H28BrN5O/c1-16-14-27(10-11-28-16)20-9-6-18(12-24-20)13-25-21(23-2)26(3)15-17-4-7-19(22)8-5-17/h4-9,12,16H,10-11,13-15H2,1-3H3,(H,23,25). The lowest BCUT2D eigenvalue weighted by Crippen LogP contribution is -2.41. The Morgan fingerprint density at radius 2 is 2.04 bits per heavy atom. The number of morpholine rings is 1. The summed E-state index contributed by atoms with van der Waals surface area (Å²) in [6, 6.07) is 12.6. The number of ether oxygens (including phenoxy) is 1. The molecule has 3 rings (SSSR count). The van der Waals surface area contributed by atoms with Crippen molar-refractivity contribution in [2.24, 2.45) is 4.99 Å². The van der Waals surface area contributed by atoms with Gasteiger partial charge in [0.15, 0.2) is 5.96 Å². The Morgan fingerprint density at radius 3 is 2.68 bits per heavy atom. The third-order valence-electron chi connectivity index (χ3n) is 4.73. The van der Waals surface area contributed by atoms with E-state index in [1.54, 1.807) is 7.05 Å². The zero-order valence-corrected chi connectivity index (χ0v) is 18.3. The summed E-state index contributed by atoms with van der Waals surface area (Å²) in [5.41, 5.74) is 2.36. The minimum atomic E-state index is 0.251. The maximum Gasteiger partial charge on any atom is 0.193 e. The Labute approximate surface area is 175 Å². The van der Waals surface area contributed by atoms with Crippen molar-refractivity contribution in [2.75, 3.05) is 38.7 Å². The van der Waals surface area contributed by atoms with E-state index in [2.05, 4.69) is 84.3 Å². The monoisotopic (exact) mass is 445 g/mol. The number of guanidine groups is 1. The van der Waals surface area contributed by atoms with E-state index in [0.29, 0.717) is 6.54 Å². The molecule has 1 aromatic heterocycles. The first kappa shape index (κ1) is 20.6. The molecule has 0 radical (unpaired) electrons. The van der Waals surface area contributed by atoms with Crippen LogP contribution in [0.2, 0.25) is 0 Å². The minimum Gasteiger partial charge on any atom is -0.375 e. The Hall–Kier alpha value is -2.12. The van der Waals surface area contributed by atoms with Crippen LogP contribution < -0.4 is 10.2 Å². The fraction of sp³-hybridized carbons (Fsp3) is 0.429. The molecule has 0 spiro atoms. The first-order chi connectivity index (χ1) is 13.5. The molecule has 150 valence electrons. The summed E-state index contributed by atoms with van der Waals surface area (Å²) < 4.78 is 6.69. The molecule has 0 aliphatic carbocycles. The van der Waals surface area contributed by atoms with Crippen LogP contribution in [0, 0.1) is 0 Å². The quantitative estimate of drug-likeness (QED) is 0.565. The van der Waals surface area contributed by atoms with Gasteiger partial charge in [0.2, 0.25) is 0 Å². The van der Waals surface area contributed by atoms with Crippen LogP contribution in [0.4, 0.5) is 5.82 Å². The maximum absolute atomic E-state index is 5.60. The number of halogens is 1. The van der Waals surface area contributed by atoms with Gasteiger partial charge in [-0.1, -0.05) is 34.1 Å². The molecule has 0 bridgehead atoms. The lowest BCUT2D eigenvalue weighted by Gasteiger charge is -2.32. The summed E-state index contributed by atoms with van der Waals surface area (Å²) in [6.45, 7) is 6.11. The number of benzene rings is 1. The van der Waals surface area contributed by atoms with E-state index in [4.69, 9.17) is 4.74 Å². The van der Waals surface area contributed by atoms with Gasteiger partial charge in [0.05, 0.1) is 12.7 Å². The summed E-state index contributed by atoms with van der Waals surface area (Å²) >= 11 is 3.47. The number of aliphatic imine (C=N–C) groups is 1. The van der Waals surface area contributed by atoms with Gasteiger partial charge >= 0.3 is 0 Å². The minimum absolute atomic E-state index is 0.251. The van der Waals surface area contributed by atoms with Crippen LogP contribution >= 0.6 is 15.9 Å². The Kier molecular flexibility index (Phi) is 7.28. The zero-order chi connectivity index (χ0) is 19.9. The van der Waals surface area contributed by atoms with Crippen molar-refractivity contribution >= 4 is 27.7 Å². The third-order valence-corrected chi connectivity index (χ3v) is 5.26. The van der Waals surface area contributed by atoms with Crippen LogP contribution in [-0.4, -0.2) is 55.7 Å². The lowest BCUT2D eigenvalue weighted by atomic mass is 10.2. The first-order valence-corrected chi connectivity index (χ1v) is 10.3. The topological polar surface area (TPSA) is 53.0 Å². The highest BCUT2D eigenvalue weighted by Crippen LogP contribution is 2.16. The average Bonchev–Trinajstić information content (AvgIpc) is 2.71. The van der Waals surface area contributed by atoms with Gasteiger partial charge in [0.25, 0.3) is 0 Å². The number of nitrogens with one attached hydrogen (secondary N) is 1. The van der Waals surface area contributed by atoms with Crippen LogP contribution in [0.3, 0.4) is 0 Å².